The monoisotopic (exact) mass is 295 g/mol. The smallest absolute Gasteiger partial charge is 0.113 e. The Morgan fingerprint density at radius 1 is 1.10 bits per heavy atom. The van der Waals surface area contributed by atoms with Gasteiger partial charge < -0.3 is 20.6 Å². The average Bonchev–Trinajstić information content (AvgIpc) is 2.49. The number of aryl methyl sites for hydroxylation is 1. The molecule has 4 N–H and O–H groups in total. The molecule has 1 aromatic carbocycles. The maximum atomic E-state index is 12.8. The van der Waals surface area contributed by atoms with Gasteiger partial charge in [0, 0.05) is 0 Å². The molecule has 4 nitrogen and oxygen atoms in total. The molecule has 0 aliphatic heterocycles. The zero-order valence-electron chi connectivity index (χ0n) is 12.0. The van der Waals surface area contributed by atoms with E-state index in [1.54, 1.807) is 0 Å². The predicted molar refractivity (Wildman–Crippen MR) is 78.8 cm³/mol. The lowest BCUT2D eigenvalue weighted by molar-refractivity contribution is -0.0628. The molecule has 21 heavy (non-hydrogen) atoms. The second-order valence-electron chi connectivity index (χ2n) is 5.52. The third kappa shape index (κ3) is 3.89. The van der Waals surface area contributed by atoms with Gasteiger partial charge in [-0.3, -0.25) is 0 Å². The van der Waals surface area contributed by atoms with E-state index in [4.69, 9.17) is 0 Å². The maximum Gasteiger partial charge on any atom is 0.113 e. The van der Waals surface area contributed by atoms with Crippen LogP contribution in [0.15, 0.2) is 35.9 Å². The number of nitrogens with one attached hydrogen (secondary N) is 1. The summed E-state index contributed by atoms with van der Waals surface area (Å²) < 4.78 is 12.8. The van der Waals surface area contributed by atoms with E-state index in [9.17, 15) is 19.7 Å². The Hall–Kier alpha value is -1.27. The highest BCUT2D eigenvalue weighted by atomic mass is 19.1. The molecule has 0 radical (unpaired) electrons. The third-order valence-corrected chi connectivity index (χ3v) is 3.88. The first kappa shape index (κ1) is 16.1. The summed E-state index contributed by atoms with van der Waals surface area (Å²) in [5.41, 5.74) is 2.47. The van der Waals surface area contributed by atoms with Crippen LogP contribution < -0.4 is 5.32 Å². The molecule has 0 unspecified atom stereocenters. The number of aliphatic hydroxyl groups excluding tert-OH is 3. The molecular weight excluding hydrogens is 273 g/mol. The molecule has 1 aliphatic rings. The van der Waals surface area contributed by atoms with Crippen LogP contribution in [0.2, 0.25) is 0 Å². The lowest BCUT2D eigenvalue weighted by atomic mass is 9.88. The largest absolute Gasteiger partial charge is 0.388 e. The summed E-state index contributed by atoms with van der Waals surface area (Å²) >= 11 is 0. The van der Waals surface area contributed by atoms with Gasteiger partial charge in [0.1, 0.15) is 25.0 Å². The fourth-order valence-electron chi connectivity index (χ4n) is 2.49. The molecule has 0 fully saturated rings. The molecule has 0 bridgehead atoms. The van der Waals surface area contributed by atoms with Gasteiger partial charge in [0.25, 0.3) is 0 Å². The predicted octanol–water partition coefficient (Wildman–Crippen LogP) is 0.488. The quantitative estimate of drug-likeness (QED) is 0.597. The number of hydrogen-bond acceptors (Lipinski definition) is 4. The van der Waals surface area contributed by atoms with E-state index in [-0.39, 0.29) is 5.57 Å². The first-order chi connectivity index (χ1) is 10.0. The first-order valence-corrected chi connectivity index (χ1v) is 7.12. The third-order valence-electron chi connectivity index (χ3n) is 3.88. The molecule has 0 aromatic heterocycles. The fourth-order valence-corrected chi connectivity index (χ4v) is 2.49. The molecular formula is C16H22FNO3. The summed E-state index contributed by atoms with van der Waals surface area (Å²) in [5.74, 6) is 0. The van der Waals surface area contributed by atoms with Crippen molar-refractivity contribution >= 4 is 0 Å². The van der Waals surface area contributed by atoms with E-state index in [1.165, 1.54) is 11.6 Å². The minimum atomic E-state index is -1.36. The number of hydrogen-bond donors (Lipinski definition) is 4. The van der Waals surface area contributed by atoms with Gasteiger partial charge in [-0.05, 0) is 31.0 Å². The van der Waals surface area contributed by atoms with Gasteiger partial charge in [-0.25, -0.2) is 4.39 Å². The van der Waals surface area contributed by atoms with Crippen molar-refractivity contribution in [3.8, 4) is 0 Å². The number of benzene rings is 1. The lowest BCUT2D eigenvalue weighted by Gasteiger charge is -2.34. The first-order valence-electron chi connectivity index (χ1n) is 7.12. The number of alkyl halides is 1. The summed E-state index contributed by atoms with van der Waals surface area (Å²) in [6.45, 7) is 1.78. The van der Waals surface area contributed by atoms with Crippen LogP contribution >= 0.6 is 0 Å². The number of halogens is 1. The molecule has 2 rings (SSSR count). The second kappa shape index (κ2) is 7.13. The van der Waals surface area contributed by atoms with Crippen molar-refractivity contribution in [2.45, 2.75) is 37.7 Å². The maximum absolute atomic E-state index is 12.8. The number of rotatable bonds is 5. The van der Waals surface area contributed by atoms with Gasteiger partial charge >= 0.3 is 0 Å². The van der Waals surface area contributed by atoms with Crippen molar-refractivity contribution in [3.63, 3.8) is 0 Å². The Morgan fingerprint density at radius 3 is 2.38 bits per heavy atom. The summed E-state index contributed by atoms with van der Waals surface area (Å²) in [6.07, 6.45) is -1.61. The van der Waals surface area contributed by atoms with Crippen molar-refractivity contribution in [1.82, 2.24) is 5.32 Å². The standard InChI is InChI=1S/C16H22FNO3/c1-10-2-4-11(5-3-10)6-7-18-13-8-12(9-17)14(19)16(21)15(13)20/h2-5,8,13-16,18-21H,6-7,9H2,1H3/t13-,14+,15+,16+/m1/s1. The van der Waals surface area contributed by atoms with Crippen LogP contribution in [0.4, 0.5) is 4.39 Å². The highest BCUT2D eigenvalue weighted by molar-refractivity contribution is 5.23. The van der Waals surface area contributed by atoms with E-state index in [1.807, 2.05) is 31.2 Å². The van der Waals surface area contributed by atoms with E-state index in [0.29, 0.717) is 6.54 Å². The summed E-state index contributed by atoms with van der Waals surface area (Å²) in [6, 6.07) is 7.59. The zero-order chi connectivity index (χ0) is 15.4. The molecule has 0 heterocycles. The van der Waals surface area contributed by atoms with Gasteiger partial charge in [0.15, 0.2) is 0 Å². The van der Waals surface area contributed by atoms with Gasteiger partial charge in [-0.2, -0.15) is 0 Å². The molecule has 5 heteroatoms. The van der Waals surface area contributed by atoms with Crippen molar-refractivity contribution in [3.05, 3.63) is 47.0 Å². The Bertz CT molecular complexity index is 489. The Morgan fingerprint density at radius 2 is 1.76 bits per heavy atom. The normalized spacial score (nSPS) is 29.3. The minimum Gasteiger partial charge on any atom is -0.388 e. The lowest BCUT2D eigenvalue weighted by Crippen LogP contribution is -2.54. The average molecular weight is 295 g/mol. The van der Waals surface area contributed by atoms with Crippen LogP contribution in [-0.4, -0.2) is 52.9 Å². The Balaban J connectivity index is 1.92. The van der Waals surface area contributed by atoms with Crippen molar-refractivity contribution in [1.29, 1.82) is 0 Å². The van der Waals surface area contributed by atoms with Crippen molar-refractivity contribution in [2.24, 2.45) is 0 Å². The molecule has 1 aromatic rings. The van der Waals surface area contributed by atoms with E-state index in [0.717, 1.165) is 12.0 Å². The van der Waals surface area contributed by atoms with Crippen LogP contribution in [0.3, 0.4) is 0 Å². The zero-order valence-corrected chi connectivity index (χ0v) is 12.0. The van der Waals surface area contributed by atoms with Crippen molar-refractivity contribution in [2.75, 3.05) is 13.2 Å². The number of aliphatic hydroxyl groups is 3. The van der Waals surface area contributed by atoms with Crippen LogP contribution in [0, 0.1) is 6.92 Å². The van der Waals surface area contributed by atoms with E-state index < -0.39 is 31.0 Å². The summed E-state index contributed by atoms with van der Waals surface area (Å²) in [7, 11) is 0. The molecule has 0 spiro atoms. The van der Waals surface area contributed by atoms with Crippen LogP contribution in [-0.2, 0) is 6.42 Å². The fraction of sp³-hybridized carbons (Fsp3) is 0.500. The van der Waals surface area contributed by atoms with Crippen LogP contribution in [0.1, 0.15) is 11.1 Å². The molecule has 0 amide bonds. The van der Waals surface area contributed by atoms with Gasteiger partial charge in [-0.1, -0.05) is 35.9 Å². The topological polar surface area (TPSA) is 72.7 Å². The van der Waals surface area contributed by atoms with Crippen LogP contribution in [0.5, 0.6) is 0 Å². The van der Waals surface area contributed by atoms with Gasteiger partial charge in [-0.15, -0.1) is 0 Å². The van der Waals surface area contributed by atoms with Gasteiger partial charge in [0.05, 0.1) is 6.04 Å². The summed E-state index contributed by atoms with van der Waals surface area (Å²) in [4.78, 5) is 0. The van der Waals surface area contributed by atoms with Gasteiger partial charge in [0.2, 0.25) is 0 Å². The molecule has 4 atom stereocenters. The summed E-state index contributed by atoms with van der Waals surface area (Å²) in [5, 5.41) is 32.3. The molecule has 0 saturated heterocycles. The van der Waals surface area contributed by atoms with Crippen molar-refractivity contribution < 1.29 is 19.7 Å². The minimum absolute atomic E-state index is 0.112. The van der Waals surface area contributed by atoms with E-state index >= 15 is 0 Å². The second-order valence-corrected chi connectivity index (χ2v) is 5.52. The SMILES string of the molecule is Cc1ccc(CCN[C@@H]2C=C(CF)[C@H](O)[C@H](O)[C@H]2O)cc1. The highest BCUT2D eigenvalue weighted by Crippen LogP contribution is 2.20. The Labute approximate surface area is 123 Å². The molecule has 1 aliphatic carbocycles. The Kier molecular flexibility index (Phi) is 5.47. The molecule has 116 valence electrons. The highest BCUT2D eigenvalue weighted by Gasteiger charge is 2.36. The van der Waals surface area contributed by atoms with Crippen LogP contribution in [0.25, 0.3) is 0 Å². The molecule has 0 saturated carbocycles. The van der Waals surface area contributed by atoms with E-state index in [2.05, 4.69) is 5.32 Å².